The number of aliphatic hydroxyl groups is 2. The molecule has 0 aliphatic heterocycles. The molecule has 0 amide bonds. The van der Waals surface area contributed by atoms with Gasteiger partial charge in [-0.1, -0.05) is 110 Å². The van der Waals surface area contributed by atoms with Crippen molar-refractivity contribution in [2.75, 3.05) is 13.2 Å². The Balaban J connectivity index is 3.29. The molecule has 0 fully saturated rings. The first kappa shape index (κ1) is 29.1. The van der Waals surface area contributed by atoms with Crippen LogP contribution in [0, 0.1) is 0 Å². The molecule has 30 heavy (non-hydrogen) atoms. The predicted octanol–water partition coefficient (Wildman–Crippen LogP) is 5.88. The second-order valence-corrected chi connectivity index (χ2v) is 8.60. The summed E-state index contributed by atoms with van der Waals surface area (Å²) in [7, 11) is 0. The van der Waals surface area contributed by atoms with Gasteiger partial charge >= 0.3 is 5.97 Å². The first-order valence-corrected chi connectivity index (χ1v) is 12.6. The number of ketones is 1. The van der Waals surface area contributed by atoms with Crippen LogP contribution in [0.1, 0.15) is 129 Å². The van der Waals surface area contributed by atoms with Gasteiger partial charge in [-0.2, -0.15) is 0 Å². The molecule has 0 spiro atoms. The van der Waals surface area contributed by atoms with Crippen molar-refractivity contribution < 1.29 is 24.5 Å². The molecule has 0 radical (unpaired) electrons. The Labute approximate surface area is 185 Å². The highest BCUT2D eigenvalue weighted by atomic mass is 16.6. The Morgan fingerprint density at radius 2 is 1.00 bits per heavy atom. The molecule has 0 aliphatic carbocycles. The minimum atomic E-state index is -0.925. The van der Waals surface area contributed by atoms with Crippen molar-refractivity contribution in [2.24, 2.45) is 0 Å². The van der Waals surface area contributed by atoms with Crippen molar-refractivity contribution >= 4 is 11.8 Å². The molecule has 0 aromatic carbocycles. The van der Waals surface area contributed by atoms with Crippen molar-refractivity contribution in [3.63, 3.8) is 0 Å². The monoisotopic (exact) mass is 428 g/mol. The van der Waals surface area contributed by atoms with Crippen LogP contribution in [0.2, 0.25) is 0 Å². The third-order valence-electron chi connectivity index (χ3n) is 5.61. The summed E-state index contributed by atoms with van der Waals surface area (Å²) >= 11 is 0. The molecule has 0 bridgehead atoms. The summed E-state index contributed by atoms with van der Waals surface area (Å²) in [5, 5.41) is 17.7. The van der Waals surface area contributed by atoms with Crippen LogP contribution < -0.4 is 0 Å². The molecule has 178 valence electrons. The number of carbonyl (C=O) groups is 2. The quantitative estimate of drug-likeness (QED) is 0.120. The molecular formula is C25H48O5. The molecular weight excluding hydrogens is 380 g/mol. The van der Waals surface area contributed by atoms with E-state index in [9.17, 15) is 9.59 Å². The van der Waals surface area contributed by atoms with E-state index < -0.39 is 25.3 Å². The van der Waals surface area contributed by atoms with Gasteiger partial charge in [-0.25, -0.2) is 0 Å². The van der Waals surface area contributed by atoms with Gasteiger partial charge in [-0.15, -0.1) is 0 Å². The summed E-state index contributed by atoms with van der Waals surface area (Å²) in [6, 6.07) is 0. The molecule has 5 nitrogen and oxygen atoms in total. The zero-order valence-electron chi connectivity index (χ0n) is 19.5. The highest BCUT2D eigenvalue weighted by molar-refractivity contribution is 5.95. The van der Waals surface area contributed by atoms with Gasteiger partial charge in [0, 0.05) is 6.42 Å². The zero-order chi connectivity index (χ0) is 22.3. The maximum absolute atomic E-state index is 11.7. The van der Waals surface area contributed by atoms with Crippen molar-refractivity contribution in [3.8, 4) is 0 Å². The number of hydrogen-bond donors (Lipinski definition) is 2. The van der Waals surface area contributed by atoms with Crippen LogP contribution in [-0.2, 0) is 14.3 Å². The van der Waals surface area contributed by atoms with E-state index in [4.69, 9.17) is 14.9 Å². The third kappa shape index (κ3) is 20.3. The lowest BCUT2D eigenvalue weighted by Crippen LogP contribution is -2.26. The molecule has 0 unspecified atom stereocenters. The van der Waals surface area contributed by atoms with Gasteiger partial charge < -0.3 is 14.9 Å². The number of Topliss-reactive ketones (excluding diaryl/α,β-unsaturated/α-hetero) is 1. The van der Waals surface area contributed by atoms with Crippen LogP contribution >= 0.6 is 0 Å². The first-order chi connectivity index (χ1) is 14.6. The minimum Gasteiger partial charge on any atom is -0.457 e. The maximum atomic E-state index is 11.7. The summed E-state index contributed by atoms with van der Waals surface area (Å²) in [4.78, 5) is 23.2. The summed E-state index contributed by atoms with van der Waals surface area (Å²) in [6.45, 7) is 1.40. The van der Waals surface area contributed by atoms with E-state index in [2.05, 4.69) is 6.92 Å². The van der Waals surface area contributed by atoms with E-state index in [1.165, 1.54) is 89.9 Å². The maximum Gasteiger partial charge on any atom is 0.313 e. The topological polar surface area (TPSA) is 83.8 Å². The van der Waals surface area contributed by atoms with Crippen molar-refractivity contribution in [3.05, 3.63) is 0 Å². The van der Waals surface area contributed by atoms with E-state index >= 15 is 0 Å². The van der Waals surface area contributed by atoms with E-state index in [1.54, 1.807) is 0 Å². The van der Waals surface area contributed by atoms with Crippen LogP contribution in [0.4, 0.5) is 0 Å². The van der Waals surface area contributed by atoms with E-state index in [1.807, 2.05) is 0 Å². The van der Waals surface area contributed by atoms with Gasteiger partial charge in [0.25, 0.3) is 0 Å². The Kier molecular flexibility index (Phi) is 22.0. The normalized spacial score (nSPS) is 11.2. The summed E-state index contributed by atoms with van der Waals surface area (Å²) in [6.07, 6.45) is 21.3. The minimum absolute atomic E-state index is 0.129. The highest BCUT2D eigenvalue weighted by Crippen LogP contribution is 2.14. The largest absolute Gasteiger partial charge is 0.457 e. The lowest BCUT2D eigenvalue weighted by atomic mass is 10.0. The van der Waals surface area contributed by atoms with Crippen LogP contribution in [0.15, 0.2) is 0 Å². The van der Waals surface area contributed by atoms with Crippen LogP contribution in [0.3, 0.4) is 0 Å². The van der Waals surface area contributed by atoms with Gasteiger partial charge in [0.1, 0.15) is 18.3 Å². The Morgan fingerprint density at radius 1 is 0.633 bits per heavy atom. The molecule has 0 heterocycles. The predicted molar refractivity (Wildman–Crippen MR) is 122 cm³/mol. The van der Waals surface area contributed by atoms with Crippen LogP contribution in [-0.4, -0.2) is 41.3 Å². The Morgan fingerprint density at radius 3 is 1.37 bits per heavy atom. The number of esters is 1. The van der Waals surface area contributed by atoms with Crippen molar-refractivity contribution in [1.29, 1.82) is 0 Å². The number of rotatable bonds is 23. The van der Waals surface area contributed by atoms with Gasteiger partial charge in [-0.05, 0) is 6.42 Å². The molecule has 0 aliphatic rings. The standard InChI is InChI=1S/C25H48O5/c1-2-3-4-5-6-7-8-9-10-11-12-13-14-15-16-17-18-19-23(28)20-25(29)30-24(21-26)22-27/h24,26-27H,2-22H2,1H3. The van der Waals surface area contributed by atoms with E-state index in [-0.39, 0.29) is 12.2 Å². The molecule has 2 N–H and O–H groups in total. The van der Waals surface area contributed by atoms with Gasteiger partial charge in [0.15, 0.2) is 0 Å². The number of ether oxygens (including phenoxy) is 1. The number of carbonyl (C=O) groups excluding carboxylic acids is 2. The highest BCUT2D eigenvalue weighted by Gasteiger charge is 2.15. The number of aliphatic hydroxyl groups excluding tert-OH is 2. The number of unbranched alkanes of at least 4 members (excludes halogenated alkanes) is 16. The average Bonchev–Trinajstić information content (AvgIpc) is 2.74. The van der Waals surface area contributed by atoms with Crippen LogP contribution in [0.25, 0.3) is 0 Å². The van der Waals surface area contributed by atoms with Gasteiger partial charge in [-0.3, -0.25) is 9.59 Å². The molecule has 0 saturated carbocycles. The zero-order valence-corrected chi connectivity index (χ0v) is 19.5. The Hall–Kier alpha value is -0.940. The van der Waals surface area contributed by atoms with Crippen LogP contribution in [0.5, 0.6) is 0 Å². The van der Waals surface area contributed by atoms with Crippen molar-refractivity contribution in [1.82, 2.24) is 0 Å². The van der Waals surface area contributed by atoms with E-state index in [0.717, 1.165) is 19.3 Å². The van der Waals surface area contributed by atoms with Gasteiger partial charge in [0.05, 0.1) is 13.2 Å². The van der Waals surface area contributed by atoms with Gasteiger partial charge in [0.2, 0.25) is 0 Å². The number of hydrogen-bond acceptors (Lipinski definition) is 5. The molecule has 0 atom stereocenters. The SMILES string of the molecule is CCCCCCCCCCCCCCCCCCCC(=O)CC(=O)OC(CO)CO. The molecule has 0 rings (SSSR count). The molecule has 0 saturated heterocycles. The average molecular weight is 429 g/mol. The van der Waals surface area contributed by atoms with Crippen molar-refractivity contribution in [2.45, 2.75) is 135 Å². The Bertz CT molecular complexity index is 393. The molecule has 5 heteroatoms. The van der Waals surface area contributed by atoms with E-state index in [0.29, 0.717) is 6.42 Å². The third-order valence-corrected chi connectivity index (χ3v) is 5.61. The second-order valence-electron chi connectivity index (χ2n) is 8.60. The fraction of sp³-hybridized carbons (Fsp3) is 0.920. The summed E-state index contributed by atoms with van der Waals surface area (Å²) in [5.74, 6) is -0.796. The summed E-state index contributed by atoms with van der Waals surface area (Å²) in [5.41, 5.74) is 0. The summed E-state index contributed by atoms with van der Waals surface area (Å²) < 4.78 is 4.80. The fourth-order valence-corrected chi connectivity index (χ4v) is 3.66. The molecule has 0 aromatic heterocycles. The lowest BCUT2D eigenvalue weighted by molar-refractivity contribution is -0.155. The lowest BCUT2D eigenvalue weighted by Gasteiger charge is -2.12. The molecule has 0 aromatic rings. The second kappa shape index (κ2) is 22.7. The first-order valence-electron chi connectivity index (χ1n) is 12.6. The fourth-order valence-electron chi connectivity index (χ4n) is 3.66. The smallest absolute Gasteiger partial charge is 0.313 e.